The molecule has 1 aromatic carbocycles. The third-order valence-electron chi connectivity index (χ3n) is 5.81. The third kappa shape index (κ3) is 3.20. The van der Waals surface area contributed by atoms with Crippen LogP contribution in [0.15, 0.2) is 18.2 Å². The van der Waals surface area contributed by atoms with E-state index >= 15 is 0 Å². The average molecular weight is 370 g/mol. The first-order valence-electron chi connectivity index (χ1n) is 9.54. The molecule has 2 aliphatic heterocycles. The smallest absolute Gasteiger partial charge is 0.396 e. The number of benzene rings is 1. The molecule has 2 unspecified atom stereocenters. The van der Waals surface area contributed by atoms with Crippen LogP contribution in [0.2, 0.25) is 0 Å². The number of ether oxygens (including phenoxy) is 1. The van der Waals surface area contributed by atoms with E-state index in [9.17, 15) is 9.59 Å². The van der Waals surface area contributed by atoms with E-state index in [0.717, 1.165) is 43.6 Å². The normalized spacial score (nSPS) is 23.3. The van der Waals surface area contributed by atoms with Crippen LogP contribution in [-0.2, 0) is 27.4 Å². The molecule has 7 heteroatoms. The number of carbonyl (C=O) groups is 2. The van der Waals surface area contributed by atoms with E-state index < -0.39 is 11.9 Å². The van der Waals surface area contributed by atoms with Gasteiger partial charge in [-0.25, -0.2) is 4.79 Å². The van der Waals surface area contributed by atoms with E-state index in [-0.39, 0.29) is 6.04 Å². The van der Waals surface area contributed by atoms with E-state index in [4.69, 9.17) is 5.10 Å². The average Bonchev–Trinajstić information content (AvgIpc) is 3.03. The molecule has 4 rings (SSSR count). The molecule has 7 nitrogen and oxygen atoms in total. The summed E-state index contributed by atoms with van der Waals surface area (Å²) in [4.78, 5) is 28.3. The Bertz CT molecular complexity index is 891. The van der Waals surface area contributed by atoms with Crippen molar-refractivity contribution in [1.82, 2.24) is 19.6 Å². The third-order valence-corrected chi connectivity index (χ3v) is 5.81. The summed E-state index contributed by atoms with van der Waals surface area (Å²) in [5.74, 6) is -0.982. The Balaban J connectivity index is 1.69. The Morgan fingerprint density at radius 2 is 2.04 bits per heavy atom. The molecule has 2 aliphatic rings. The molecule has 0 spiro atoms. The summed E-state index contributed by atoms with van der Waals surface area (Å²) in [6, 6.07) is 6.16. The Morgan fingerprint density at radius 3 is 2.81 bits per heavy atom. The predicted molar refractivity (Wildman–Crippen MR) is 101 cm³/mol. The molecule has 0 bridgehead atoms. The molecule has 1 fully saturated rings. The van der Waals surface area contributed by atoms with Crippen molar-refractivity contribution in [2.75, 3.05) is 27.2 Å². The van der Waals surface area contributed by atoms with Gasteiger partial charge < -0.3 is 9.64 Å². The largest absolute Gasteiger partial charge is 0.462 e. The molecule has 1 saturated heterocycles. The van der Waals surface area contributed by atoms with Gasteiger partial charge in [-0.3, -0.25) is 14.4 Å². The highest BCUT2D eigenvalue weighted by Crippen LogP contribution is 2.35. The second-order valence-electron chi connectivity index (χ2n) is 7.83. The monoisotopic (exact) mass is 370 g/mol. The lowest BCUT2D eigenvalue weighted by Crippen LogP contribution is -2.45. The topological polar surface area (TPSA) is 67.7 Å². The second-order valence-corrected chi connectivity index (χ2v) is 7.83. The van der Waals surface area contributed by atoms with E-state index in [2.05, 4.69) is 46.5 Å². The Hall–Kier alpha value is -2.41. The molecule has 0 saturated carbocycles. The molecule has 1 aromatic heterocycles. The molecule has 3 heterocycles. The van der Waals surface area contributed by atoms with Gasteiger partial charge in [0.2, 0.25) is 0 Å². The minimum Gasteiger partial charge on any atom is -0.462 e. The maximum Gasteiger partial charge on any atom is 0.396 e. The summed E-state index contributed by atoms with van der Waals surface area (Å²) in [6.45, 7) is 5.46. The first-order valence-corrected chi connectivity index (χ1v) is 9.54. The van der Waals surface area contributed by atoms with Crippen LogP contribution >= 0.6 is 0 Å². The highest BCUT2D eigenvalue weighted by Gasteiger charge is 2.35. The summed E-state index contributed by atoms with van der Waals surface area (Å²) >= 11 is 0. The summed E-state index contributed by atoms with van der Waals surface area (Å²) < 4.78 is 6.76. The van der Waals surface area contributed by atoms with Gasteiger partial charge in [-0.1, -0.05) is 19.1 Å². The molecule has 144 valence electrons. The van der Waals surface area contributed by atoms with Gasteiger partial charge >= 0.3 is 11.9 Å². The Labute approximate surface area is 158 Å². The molecule has 2 aromatic rings. The zero-order valence-corrected chi connectivity index (χ0v) is 16.1. The van der Waals surface area contributed by atoms with Crippen LogP contribution in [-0.4, -0.2) is 58.7 Å². The number of hydrogen-bond acceptors (Lipinski definition) is 5. The molecule has 1 amide bonds. The van der Waals surface area contributed by atoms with Crippen LogP contribution in [0, 0.1) is 5.92 Å². The summed E-state index contributed by atoms with van der Waals surface area (Å²) in [6.07, 6.45) is 1.86. The van der Waals surface area contributed by atoms with E-state index in [1.165, 1.54) is 18.2 Å². The van der Waals surface area contributed by atoms with Crippen LogP contribution in [0.4, 0.5) is 0 Å². The number of nitrogens with zero attached hydrogens (tertiary/aromatic N) is 4. The second kappa shape index (κ2) is 6.96. The van der Waals surface area contributed by atoms with Crippen molar-refractivity contribution in [3.05, 3.63) is 29.5 Å². The quantitative estimate of drug-likeness (QED) is 0.567. The van der Waals surface area contributed by atoms with Crippen LogP contribution < -0.4 is 0 Å². The summed E-state index contributed by atoms with van der Waals surface area (Å²) in [7, 11) is 3.37. The first kappa shape index (κ1) is 18.0. The number of esters is 1. The molecule has 2 atom stereocenters. The Morgan fingerprint density at radius 1 is 1.22 bits per heavy atom. The fourth-order valence-electron chi connectivity index (χ4n) is 4.29. The fraction of sp³-hybridized carbons (Fsp3) is 0.550. The predicted octanol–water partition coefficient (Wildman–Crippen LogP) is 1.95. The van der Waals surface area contributed by atoms with Gasteiger partial charge in [-0.05, 0) is 37.4 Å². The number of likely N-dealkylation sites (N-methyl/N-ethyl adjacent to an activating group) is 1. The van der Waals surface area contributed by atoms with Crippen molar-refractivity contribution in [1.29, 1.82) is 0 Å². The van der Waals surface area contributed by atoms with Gasteiger partial charge in [0.1, 0.15) is 0 Å². The molecule has 0 N–H and O–H groups in total. The van der Waals surface area contributed by atoms with Gasteiger partial charge in [0, 0.05) is 25.0 Å². The van der Waals surface area contributed by atoms with Gasteiger partial charge in [-0.15, -0.1) is 0 Å². The number of fused-ring (bicyclic) bond motifs is 3. The van der Waals surface area contributed by atoms with Crippen molar-refractivity contribution in [3.8, 4) is 0 Å². The molecule has 27 heavy (non-hydrogen) atoms. The minimum absolute atomic E-state index is 0.112. The van der Waals surface area contributed by atoms with Crippen molar-refractivity contribution < 1.29 is 14.3 Å². The number of hydrogen-bond donors (Lipinski definition) is 0. The molecular weight excluding hydrogens is 344 g/mol. The summed E-state index contributed by atoms with van der Waals surface area (Å²) in [5, 5.41) is 5.94. The number of piperidine rings is 1. The number of aromatic nitrogens is 2. The van der Waals surface area contributed by atoms with E-state index in [0.29, 0.717) is 12.5 Å². The van der Waals surface area contributed by atoms with Crippen LogP contribution in [0.1, 0.15) is 37.1 Å². The minimum atomic E-state index is -0.796. The first-order chi connectivity index (χ1) is 13.0. The number of amides is 1. The number of likely N-dealkylation sites (tertiary alicyclic amines) is 1. The molecule has 0 radical (unpaired) electrons. The van der Waals surface area contributed by atoms with Crippen molar-refractivity contribution >= 4 is 22.8 Å². The van der Waals surface area contributed by atoms with E-state index in [1.54, 1.807) is 4.90 Å². The highest BCUT2D eigenvalue weighted by atomic mass is 16.5. The lowest BCUT2D eigenvalue weighted by atomic mass is 9.89. The molecule has 0 aliphatic carbocycles. The van der Waals surface area contributed by atoms with Crippen molar-refractivity contribution in [3.63, 3.8) is 0 Å². The van der Waals surface area contributed by atoms with Crippen LogP contribution in [0.5, 0.6) is 0 Å². The van der Waals surface area contributed by atoms with Crippen molar-refractivity contribution in [2.24, 2.45) is 5.92 Å². The van der Waals surface area contributed by atoms with Gasteiger partial charge in [0.15, 0.2) is 0 Å². The Kier molecular flexibility index (Phi) is 4.63. The number of carbonyl (C=O) groups excluding carboxylic acids is 2. The maximum atomic E-state index is 12.5. The van der Waals surface area contributed by atoms with Crippen molar-refractivity contribution in [2.45, 2.75) is 38.9 Å². The SMILES string of the molecule is COC(=O)C(=O)N1CC(C)CCC1c1ccc2c3n(nc2c1)CCN(C)C3. The van der Waals surface area contributed by atoms with Crippen LogP contribution in [0.25, 0.3) is 10.9 Å². The zero-order valence-electron chi connectivity index (χ0n) is 16.1. The lowest BCUT2D eigenvalue weighted by molar-refractivity contribution is -0.160. The fourth-order valence-corrected chi connectivity index (χ4v) is 4.29. The number of rotatable bonds is 1. The zero-order chi connectivity index (χ0) is 19.1. The van der Waals surface area contributed by atoms with Gasteiger partial charge in [-0.2, -0.15) is 5.10 Å². The van der Waals surface area contributed by atoms with Gasteiger partial charge in [0.05, 0.1) is 30.9 Å². The highest BCUT2D eigenvalue weighted by molar-refractivity contribution is 6.32. The van der Waals surface area contributed by atoms with E-state index in [1.807, 2.05) is 0 Å². The standard InChI is InChI=1S/C20H26N4O3/c1-13-4-7-17(23(11-13)19(25)20(26)27-3)14-5-6-15-16(10-14)21-24-9-8-22(2)12-18(15)24/h5-6,10,13,17H,4,7-9,11-12H2,1-3H3. The van der Waals surface area contributed by atoms with Gasteiger partial charge in [0.25, 0.3) is 0 Å². The lowest BCUT2D eigenvalue weighted by Gasteiger charge is -2.38. The molecular formula is C20H26N4O3. The maximum absolute atomic E-state index is 12.5. The number of methoxy groups -OCH3 is 1. The summed E-state index contributed by atoms with van der Waals surface area (Å²) in [5.41, 5.74) is 3.24. The van der Waals surface area contributed by atoms with Crippen LogP contribution in [0.3, 0.4) is 0 Å².